The molecule has 0 nitrogen and oxygen atoms in total. The Morgan fingerprint density at radius 2 is 2.11 bits per heavy atom. The van der Waals surface area contributed by atoms with E-state index in [9.17, 15) is 0 Å². The van der Waals surface area contributed by atoms with Crippen LogP contribution in [0.4, 0.5) is 0 Å². The Morgan fingerprint density at radius 1 is 1.33 bits per heavy atom. The minimum atomic E-state index is 1.18. The average molecular weight is 120 g/mol. The van der Waals surface area contributed by atoms with Crippen LogP contribution in [0.5, 0.6) is 0 Å². The van der Waals surface area contributed by atoms with Gasteiger partial charge in [0.1, 0.15) is 0 Å². The van der Waals surface area contributed by atoms with Gasteiger partial charge in [-0.2, -0.15) is 0 Å². The minimum absolute atomic E-state index is 1.18. The molecule has 0 amide bonds. The van der Waals surface area contributed by atoms with E-state index in [0.29, 0.717) is 0 Å². The van der Waals surface area contributed by atoms with Crippen molar-refractivity contribution >= 4 is 0 Å². The fraction of sp³-hybridized carbons (Fsp3) is 0.333. The maximum atomic E-state index is 3.94. The van der Waals surface area contributed by atoms with Crippen molar-refractivity contribution in [3.05, 3.63) is 36.5 Å². The molecule has 0 aromatic rings. The molecule has 1 rings (SSSR count). The lowest BCUT2D eigenvalue weighted by Gasteiger charge is -1.92. The first-order chi connectivity index (χ1) is 4.34. The van der Waals surface area contributed by atoms with Gasteiger partial charge in [0.15, 0.2) is 0 Å². The van der Waals surface area contributed by atoms with Gasteiger partial charge in [-0.15, -0.1) is 0 Å². The van der Waals surface area contributed by atoms with Crippen LogP contribution in [-0.4, -0.2) is 0 Å². The number of rotatable bonds is 1. The van der Waals surface area contributed by atoms with Crippen LogP contribution >= 0.6 is 0 Å². The van der Waals surface area contributed by atoms with Crippen LogP contribution in [-0.2, 0) is 0 Å². The van der Waals surface area contributed by atoms with E-state index in [1.165, 1.54) is 30.4 Å². The van der Waals surface area contributed by atoms with Crippen LogP contribution in [0.1, 0.15) is 19.3 Å². The summed E-state index contributed by atoms with van der Waals surface area (Å²) in [5.74, 6) is 0. The fourth-order valence-corrected chi connectivity index (χ4v) is 1.17. The van der Waals surface area contributed by atoms with Crippen LogP contribution in [0.3, 0.4) is 0 Å². The summed E-state index contributed by atoms with van der Waals surface area (Å²) in [6.45, 7) is 7.58. The van der Waals surface area contributed by atoms with Gasteiger partial charge >= 0.3 is 0 Å². The Labute approximate surface area is 56.6 Å². The Morgan fingerprint density at radius 3 is 2.56 bits per heavy atom. The van der Waals surface area contributed by atoms with Gasteiger partial charge < -0.3 is 0 Å². The lowest BCUT2D eigenvalue weighted by molar-refractivity contribution is 0.933. The van der Waals surface area contributed by atoms with E-state index in [4.69, 9.17) is 0 Å². The Kier molecular flexibility index (Phi) is 1.88. The van der Waals surface area contributed by atoms with Crippen LogP contribution < -0.4 is 0 Å². The second kappa shape index (κ2) is 2.67. The first-order valence-corrected chi connectivity index (χ1v) is 3.34. The Bertz CT molecular complexity index is 161. The topological polar surface area (TPSA) is 0 Å². The summed E-state index contributed by atoms with van der Waals surface area (Å²) >= 11 is 0. The molecule has 0 unspecified atom stereocenters. The van der Waals surface area contributed by atoms with Gasteiger partial charge in [0.2, 0.25) is 0 Å². The molecule has 0 aromatic carbocycles. The van der Waals surface area contributed by atoms with E-state index in [1.54, 1.807) is 0 Å². The van der Waals surface area contributed by atoms with E-state index in [-0.39, 0.29) is 0 Å². The lowest BCUT2D eigenvalue weighted by atomic mass is 10.1. The number of hydrogen-bond acceptors (Lipinski definition) is 0. The summed E-state index contributed by atoms with van der Waals surface area (Å²) in [6, 6.07) is 0. The molecule has 9 heavy (non-hydrogen) atoms. The first-order valence-electron chi connectivity index (χ1n) is 3.34. The van der Waals surface area contributed by atoms with Crippen molar-refractivity contribution in [1.29, 1.82) is 0 Å². The summed E-state index contributed by atoms with van der Waals surface area (Å²) in [5.41, 5.74) is 2.69. The highest BCUT2D eigenvalue weighted by Crippen LogP contribution is 2.28. The zero-order valence-corrected chi connectivity index (χ0v) is 5.69. The van der Waals surface area contributed by atoms with Crippen molar-refractivity contribution < 1.29 is 0 Å². The van der Waals surface area contributed by atoms with Gasteiger partial charge in [-0.25, -0.2) is 0 Å². The molecule has 1 aliphatic carbocycles. The summed E-state index contributed by atoms with van der Waals surface area (Å²) < 4.78 is 0. The Balaban J connectivity index is 2.69. The quantitative estimate of drug-likeness (QED) is 0.499. The predicted molar refractivity (Wildman–Crippen MR) is 41.3 cm³/mol. The molecular formula is C9H12. The van der Waals surface area contributed by atoms with Crippen molar-refractivity contribution in [1.82, 2.24) is 0 Å². The lowest BCUT2D eigenvalue weighted by Crippen LogP contribution is -1.72. The highest BCUT2D eigenvalue weighted by atomic mass is 14.1. The van der Waals surface area contributed by atoms with Crippen molar-refractivity contribution in [3.63, 3.8) is 0 Å². The van der Waals surface area contributed by atoms with Gasteiger partial charge in [-0.3, -0.25) is 0 Å². The van der Waals surface area contributed by atoms with E-state index < -0.39 is 0 Å². The molecule has 1 saturated carbocycles. The molecule has 48 valence electrons. The number of allylic oxidation sites excluding steroid dienone is 4. The largest absolute Gasteiger partial charge is 0.0991 e. The molecule has 0 heterocycles. The minimum Gasteiger partial charge on any atom is -0.0991 e. The molecule has 0 N–H and O–H groups in total. The van der Waals surface area contributed by atoms with Crippen LogP contribution in [0, 0.1) is 0 Å². The van der Waals surface area contributed by atoms with E-state index in [2.05, 4.69) is 19.2 Å². The molecule has 0 saturated heterocycles. The van der Waals surface area contributed by atoms with Crippen molar-refractivity contribution in [2.75, 3.05) is 0 Å². The molecule has 0 aromatic heterocycles. The van der Waals surface area contributed by atoms with Gasteiger partial charge in [-0.05, 0) is 24.8 Å². The average Bonchev–Trinajstić information content (AvgIpc) is 2.18. The molecule has 0 radical (unpaired) electrons. The number of hydrogen-bond donors (Lipinski definition) is 0. The van der Waals surface area contributed by atoms with Crippen molar-refractivity contribution in [2.45, 2.75) is 19.3 Å². The van der Waals surface area contributed by atoms with Gasteiger partial charge in [0, 0.05) is 0 Å². The van der Waals surface area contributed by atoms with Crippen LogP contribution in [0.15, 0.2) is 36.5 Å². The maximum absolute atomic E-state index is 3.94. The highest BCUT2D eigenvalue weighted by Gasteiger charge is 2.08. The summed E-state index contributed by atoms with van der Waals surface area (Å²) in [6.07, 6.45) is 7.56. The second-order valence-corrected chi connectivity index (χ2v) is 2.38. The maximum Gasteiger partial charge on any atom is -0.0273 e. The standard InChI is InChI=1S/C9H12/c1-3-5-9-7-4-6-8(9)2/h3,5H,1-2,4,6-7H2/b9-5+. The SMILES string of the molecule is C=C/C=C1\CCCC1=C. The van der Waals surface area contributed by atoms with Crippen LogP contribution in [0.25, 0.3) is 0 Å². The Hall–Kier alpha value is -0.780. The van der Waals surface area contributed by atoms with Gasteiger partial charge in [0.05, 0.1) is 0 Å². The van der Waals surface area contributed by atoms with Gasteiger partial charge in [0.25, 0.3) is 0 Å². The molecular weight excluding hydrogens is 108 g/mol. The fourth-order valence-electron chi connectivity index (χ4n) is 1.17. The van der Waals surface area contributed by atoms with Crippen LogP contribution in [0.2, 0.25) is 0 Å². The normalized spacial score (nSPS) is 23.1. The van der Waals surface area contributed by atoms with Gasteiger partial charge in [-0.1, -0.05) is 30.9 Å². The molecule has 0 spiro atoms. The molecule has 0 atom stereocenters. The molecule has 0 aliphatic heterocycles. The highest BCUT2D eigenvalue weighted by molar-refractivity contribution is 5.34. The summed E-state index contributed by atoms with van der Waals surface area (Å²) in [5, 5.41) is 0. The smallest absolute Gasteiger partial charge is 0.0273 e. The molecule has 0 heteroatoms. The molecule has 1 fully saturated rings. The summed E-state index contributed by atoms with van der Waals surface area (Å²) in [7, 11) is 0. The molecule has 1 aliphatic rings. The predicted octanol–water partition coefficient (Wildman–Crippen LogP) is 2.84. The zero-order chi connectivity index (χ0) is 6.69. The zero-order valence-electron chi connectivity index (χ0n) is 5.69. The van der Waals surface area contributed by atoms with E-state index in [1.807, 2.05) is 6.08 Å². The van der Waals surface area contributed by atoms with Crippen molar-refractivity contribution in [3.8, 4) is 0 Å². The first kappa shape index (κ1) is 6.34. The third-order valence-corrected chi connectivity index (χ3v) is 1.70. The van der Waals surface area contributed by atoms with E-state index in [0.717, 1.165) is 0 Å². The third-order valence-electron chi connectivity index (χ3n) is 1.70. The summed E-state index contributed by atoms with van der Waals surface area (Å²) in [4.78, 5) is 0. The van der Waals surface area contributed by atoms with Crippen molar-refractivity contribution in [2.24, 2.45) is 0 Å². The molecule has 0 bridgehead atoms. The monoisotopic (exact) mass is 120 g/mol. The second-order valence-electron chi connectivity index (χ2n) is 2.38. The van der Waals surface area contributed by atoms with E-state index >= 15 is 0 Å². The third kappa shape index (κ3) is 1.32.